The standard InChI is InChI=1S/C15H15ClN6OS/c1-3-22-13(9-6-4-5-7-10(9)23-2)20-21-15(22)24-12-8-11(16)18-14(17)19-12/h4-8H,3H2,1-2H3,(H2,17,18,19). The van der Waals surface area contributed by atoms with Crippen molar-refractivity contribution in [3.8, 4) is 17.1 Å². The van der Waals surface area contributed by atoms with E-state index in [1.54, 1.807) is 13.2 Å². The Balaban J connectivity index is 2.01. The van der Waals surface area contributed by atoms with Gasteiger partial charge in [-0.15, -0.1) is 10.2 Å². The van der Waals surface area contributed by atoms with E-state index in [1.165, 1.54) is 11.8 Å². The number of nitrogen functional groups attached to an aromatic ring is 1. The molecule has 0 spiro atoms. The van der Waals surface area contributed by atoms with Gasteiger partial charge in [0.2, 0.25) is 5.95 Å². The SMILES string of the molecule is CCn1c(Sc2cc(Cl)nc(N)n2)nnc1-c1ccccc1OC. The van der Waals surface area contributed by atoms with Gasteiger partial charge in [0.05, 0.1) is 12.7 Å². The lowest BCUT2D eigenvalue weighted by molar-refractivity contribution is 0.416. The minimum Gasteiger partial charge on any atom is -0.496 e. The maximum absolute atomic E-state index is 5.93. The van der Waals surface area contributed by atoms with Crippen molar-refractivity contribution in [1.82, 2.24) is 24.7 Å². The second-order valence-electron chi connectivity index (χ2n) is 4.74. The van der Waals surface area contributed by atoms with Crippen LogP contribution in [0.2, 0.25) is 5.15 Å². The summed E-state index contributed by atoms with van der Waals surface area (Å²) in [5, 5.41) is 10.2. The van der Waals surface area contributed by atoms with Crippen molar-refractivity contribution >= 4 is 29.3 Å². The molecular formula is C15H15ClN6OS. The molecule has 2 N–H and O–H groups in total. The molecule has 2 aromatic heterocycles. The number of hydrogen-bond donors (Lipinski definition) is 1. The molecule has 0 amide bonds. The van der Waals surface area contributed by atoms with E-state index in [0.717, 1.165) is 17.1 Å². The zero-order valence-corrected chi connectivity index (χ0v) is 14.7. The summed E-state index contributed by atoms with van der Waals surface area (Å²) in [4.78, 5) is 8.01. The van der Waals surface area contributed by atoms with Gasteiger partial charge in [0.1, 0.15) is 15.9 Å². The minimum absolute atomic E-state index is 0.123. The third-order valence-electron chi connectivity index (χ3n) is 3.27. The predicted molar refractivity (Wildman–Crippen MR) is 93.3 cm³/mol. The van der Waals surface area contributed by atoms with Gasteiger partial charge in [-0.05, 0) is 30.8 Å². The van der Waals surface area contributed by atoms with E-state index >= 15 is 0 Å². The molecule has 0 saturated carbocycles. The Morgan fingerprint density at radius 2 is 2.04 bits per heavy atom. The molecule has 3 aromatic rings. The fourth-order valence-corrected chi connectivity index (χ4v) is 3.40. The van der Waals surface area contributed by atoms with E-state index < -0.39 is 0 Å². The van der Waals surface area contributed by atoms with E-state index in [0.29, 0.717) is 16.7 Å². The summed E-state index contributed by atoms with van der Waals surface area (Å²) >= 11 is 7.26. The van der Waals surface area contributed by atoms with E-state index in [1.807, 2.05) is 35.8 Å². The molecule has 0 aliphatic carbocycles. The highest BCUT2D eigenvalue weighted by atomic mass is 35.5. The van der Waals surface area contributed by atoms with Crippen molar-refractivity contribution in [3.63, 3.8) is 0 Å². The first-order valence-corrected chi connectivity index (χ1v) is 8.36. The molecular weight excluding hydrogens is 348 g/mol. The average Bonchev–Trinajstić information content (AvgIpc) is 2.96. The van der Waals surface area contributed by atoms with Crippen LogP contribution in [0.4, 0.5) is 5.95 Å². The second kappa shape index (κ2) is 7.06. The first-order chi connectivity index (χ1) is 11.6. The Hall–Kier alpha value is -2.32. The summed E-state index contributed by atoms with van der Waals surface area (Å²) in [6, 6.07) is 9.32. The number of ether oxygens (including phenoxy) is 1. The molecule has 0 bridgehead atoms. The van der Waals surface area contributed by atoms with Crippen LogP contribution in [0.3, 0.4) is 0 Å². The van der Waals surface area contributed by atoms with Crippen molar-refractivity contribution in [1.29, 1.82) is 0 Å². The third-order valence-corrected chi connectivity index (χ3v) is 4.36. The summed E-state index contributed by atoms with van der Waals surface area (Å²) in [5.41, 5.74) is 6.51. The number of anilines is 1. The highest BCUT2D eigenvalue weighted by Crippen LogP contribution is 2.33. The number of hydrogen-bond acceptors (Lipinski definition) is 7. The normalized spacial score (nSPS) is 10.8. The van der Waals surface area contributed by atoms with Crippen LogP contribution in [-0.2, 0) is 6.54 Å². The molecule has 0 atom stereocenters. The molecule has 0 aliphatic rings. The summed E-state index contributed by atoms with van der Waals surface area (Å²) < 4.78 is 7.40. The van der Waals surface area contributed by atoms with Crippen LogP contribution in [0.25, 0.3) is 11.4 Å². The lowest BCUT2D eigenvalue weighted by Gasteiger charge is -2.10. The van der Waals surface area contributed by atoms with Gasteiger partial charge in [-0.3, -0.25) is 0 Å². The minimum atomic E-state index is 0.123. The zero-order valence-electron chi connectivity index (χ0n) is 13.1. The van der Waals surface area contributed by atoms with Crippen LogP contribution in [0, 0.1) is 0 Å². The van der Waals surface area contributed by atoms with Crippen LogP contribution in [0.15, 0.2) is 40.5 Å². The first kappa shape index (κ1) is 16.5. The topological polar surface area (TPSA) is 91.7 Å². The smallest absolute Gasteiger partial charge is 0.222 e. The van der Waals surface area contributed by atoms with Crippen LogP contribution in [0.1, 0.15) is 6.92 Å². The number of nitrogens with two attached hydrogens (primary N) is 1. The van der Waals surface area contributed by atoms with E-state index in [9.17, 15) is 0 Å². The Bertz CT molecular complexity index is 849. The van der Waals surface area contributed by atoms with Gasteiger partial charge in [0.15, 0.2) is 11.0 Å². The Labute approximate surface area is 148 Å². The van der Waals surface area contributed by atoms with Crippen LogP contribution >= 0.6 is 23.4 Å². The van der Waals surface area contributed by atoms with Gasteiger partial charge in [-0.1, -0.05) is 23.7 Å². The molecule has 0 saturated heterocycles. The quantitative estimate of drug-likeness (QED) is 0.697. The van der Waals surface area contributed by atoms with E-state index in [2.05, 4.69) is 20.2 Å². The first-order valence-electron chi connectivity index (χ1n) is 7.17. The van der Waals surface area contributed by atoms with Gasteiger partial charge in [0, 0.05) is 12.6 Å². The lowest BCUT2D eigenvalue weighted by Crippen LogP contribution is -2.01. The highest BCUT2D eigenvalue weighted by molar-refractivity contribution is 7.99. The average molecular weight is 363 g/mol. The van der Waals surface area contributed by atoms with Crippen LogP contribution < -0.4 is 10.5 Å². The Morgan fingerprint density at radius 1 is 1.25 bits per heavy atom. The lowest BCUT2D eigenvalue weighted by atomic mass is 10.2. The van der Waals surface area contributed by atoms with Crippen molar-refractivity contribution in [3.05, 3.63) is 35.5 Å². The number of rotatable bonds is 5. The zero-order chi connectivity index (χ0) is 17.1. The molecule has 2 heterocycles. The van der Waals surface area contributed by atoms with Crippen molar-refractivity contribution < 1.29 is 4.74 Å². The van der Waals surface area contributed by atoms with Gasteiger partial charge in [0.25, 0.3) is 0 Å². The molecule has 0 unspecified atom stereocenters. The fourth-order valence-electron chi connectivity index (χ4n) is 2.24. The molecule has 7 nitrogen and oxygen atoms in total. The molecule has 1 aromatic carbocycles. The van der Waals surface area contributed by atoms with E-state index in [4.69, 9.17) is 22.1 Å². The molecule has 0 radical (unpaired) electrons. The third kappa shape index (κ3) is 3.29. The monoisotopic (exact) mass is 362 g/mol. The van der Waals surface area contributed by atoms with Crippen molar-refractivity contribution in [2.75, 3.05) is 12.8 Å². The van der Waals surface area contributed by atoms with E-state index in [-0.39, 0.29) is 11.1 Å². The molecule has 0 fully saturated rings. The summed E-state index contributed by atoms with van der Waals surface area (Å²) in [6.45, 7) is 2.71. The largest absolute Gasteiger partial charge is 0.496 e. The van der Waals surface area contributed by atoms with Gasteiger partial charge in [-0.2, -0.15) is 0 Å². The number of methoxy groups -OCH3 is 1. The van der Waals surface area contributed by atoms with Crippen LogP contribution in [0.5, 0.6) is 5.75 Å². The summed E-state index contributed by atoms with van der Waals surface area (Å²) in [6.07, 6.45) is 0. The maximum atomic E-state index is 5.93. The van der Waals surface area contributed by atoms with Crippen LogP contribution in [-0.4, -0.2) is 31.8 Å². The summed E-state index contributed by atoms with van der Waals surface area (Å²) in [7, 11) is 1.63. The number of nitrogens with zero attached hydrogens (tertiary/aromatic N) is 5. The number of para-hydroxylation sites is 1. The maximum Gasteiger partial charge on any atom is 0.222 e. The molecule has 24 heavy (non-hydrogen) atoms. The van der Waals surface area contributed by atoms with Crippen molar-refractivity contribution in [2.45, 2.75) is 23.7 Å². The number of benzene rings is 1. The molecule has 3 rings (SSSR count). The second-order valence-corrected chi connectivity index (χ2v) is 6.11. The molecule has 0 aliphatic heterocycles. The number of halogens is 1. The molecule has 124 valence electrons. The van der Waals surface area contributed by atoms with Gasteiger partial charge >= 0.3 is 0 Å². The molecule has 9 heteroatoms. The summed E-state index contributed by atoms with van der Waals surface area (Å²) in [5.74, 6) is 1.59. The highest BCUT2D eigenvalue weighted by Gasteiger charge is 2.17. The van der Waals surface area contributed by atoms with Crippen molar-refractivity contribution in [2.24, 2.45) is 0 Å². The predicted octanol–water partition coefficient (Wildman–Crippen LogP) is 3.15. The Kier molecular flexibility index (Phi) is 4.86. The van der Waals surface area contributed by atoms with Gasteiger partial charge in [-0.25, -0.2) is 9.97 Å². The Morgan fingerprint density at radius 3 is 2.75 bits per heavy atom. The van der Waals surface area contributed by atoms with Gasteiger partial charge < -0.3 is 15.0 Å². The fraction of sp³-hybridized carbons (Fsp3) is 0.200. The number of aromatic nitrogens is 5.